The fourth-order valence-corrected chi connectivity index (χ4v) is 3.74. The number of thiazole rings is 1. The van der Waals surface area contributed by atoms with Crippen LogP contribution in [-0.2, 0) is 9.59 Å². The van der Waals surface area contributed by atoms with Crippen LogP contribution in [-0.4, -0.2) is 47.9 Å². The Balaban J connectivity index is 0.000000178. The van der Waals surface area contributed by atoms with E-state index in [-0.39, 0.29) is 5.91 Å². The molecule has 8 heteroatoms. The van der Waals surface area contributed by atoms with Crippen molar-refractivity contribution in [1.29, 1.82) is 0 Å². The summed E-state index contributed by atoms with van der Waals surface area (Å²) in [6.07, 6.45) is 3.06. The topological polar surface area (TPSA) is 98.4 Å². The van der Waals surface area contributed by atoms with Crippen molar-refractivity contribution in [3.8, 4) is 17.0 Å². The molecule has 1 saturated carbocycles. The standard InChI is InChI=1S/C13H10N2OS.C7H12N2O2/c1-16-13-11-12(17-8-15-11)10(7-14-13)9-5-3-2-4-6-9;1-9(2)6(11)7(3-4-7)5(8)10/h2-8H,1H3;3-4H2,1-2H3,(H2,8,10). The lowest BCUT2D eigenvalue weighted by Crippen LogP contribution is -2.39. The van der Waals surface area contributed by atoms with Crippen LogP contribution in [0.25, 0.3) is 21.3 Å². The van der Waals surface area contributed by atoms with Crippen LogP contribution in [0.1, 0.15) is 12.8 Å². The fraction of sp³-hybridized carbons (Fsp3) is 0.300. The van der Waals surface area contributed by atoms with E-state index in [1.807, 2.05) is 29.9 Å². The van der Waals surface area contributed by atoms with Gasteiger partial charge < -0.3 is 15.4 Å². The van der Waals surface area contributed by atoms with Crippen LogP contribution in [0.4, 0.5) is 0 Å². The van der Waals surface area contributed by atoms with Crippen LogP contribution < -0.4 is 10.5 Å². The predicted molar refractivity (Wildman–Crippen MR) is 109 cm³/mol. The second-order valence-corrected chi connectivity index (χ2v) is 7.58. The number of ether oxygens (including phenoxy) is 1. The SMILES string of the molecule is CN(C)C(=O)C1(C(N)=O)CC1.COc1ncc(-c2ccccc2)c2scnc12. The molecule has 2 aromatic heterocycles. The summed E-state index contributed by atoms with van der Waals surface area (Å²) in [6.45, 7) is 0. The molecule has 4 rings (SSSR count). The summed E-state index contributed by atoms with van der Waals surface area (Å²) in [6, 6.07) is 10.2. The van der Waals surface area contributed by atoms with Crippen LogP contribution in [0.3, 0.4) is 0 Å². The second-order valence-electron chi connectivity index (χ2n) is 6.72. The van der Waals surface area contributed by atoms with E-state index in [1.165, 1.54) is 4.90 Å². The maximum atomic E-state index is 11.3. The number of carbonyl (C=O) groups is 2. The number of hydrogen-bond acceptors (Lipinski definition) is 6. The Bertz CT molecular complexity index is 997. The molecular formula is C20H22N4O3S. The van der Waals surface area contributed by atoms with E-state index in [2.05, 4.69) is 22.1 Å². The first-order chi connectivity index (χ1) is 13.4. The Labute approximate surface area is 167 Å². The van der Waals surface area contributed by atoms with Crippen molar-refractivity contribution in [2.24, 2.45) is 11.1 Å². The number of fused-ring (bicyclic) bond motifs is 1. The zero-order valence-corrected chi connectivity index (χ0v) is 16.8. The predicted octanol–water partition coefficient (Wildman–Crippen LogP) is 2.71. The highest BCUT2D eigenvalue weighted by atomic mass is 32.1. The van der Waals surface area contributed by atoms with Crippen molar-refractivity contribution in [2.75, 3.05) is 21.2 Å². The Hall–Kier alpha value is -3.00. The molecular weight excluding hydrogens is 376 g/mol. The second kappa shape index (κ2) is 7.93. The first-order valence-electron chi connectivity index (χ1n) is 8.74. The third-order valence-corrected chi connectivity index (χ3v) is 5.50. The molecule has 0 bridgehead atoms. The molecule has 7 nitrogen and oxygen atoms in total. The van der Waals surface area contributed by atoms with Crippen molar-refractivity contribution in [3.05, 3.63) is 42.0 Å². The van der Waals surface area contributed by atoms with Crippen molar-refractivity contribution in [1.82, 2.24) is 14.9 Å². The van der Waals surface area contributed by atoms with Gasteiger partial charge in [-0.05, 0) is 18.4 Å². The molecule has 2 N–H and O–H groups in total. The van der Waals surface area contributed by atoms with Crippen molar-refractivity contribution < 1.29 is 14.3 Å². The minimum Gasteiger partial charge on any atom is -0.479 e. The van der Waals surface area contributed by atoms with Gasteiger partial charge in [0.05, 0.1) is 17.3 Å². The Morgan fingerprint density at radius 2 is 1.86 bits per heavy atom. The number of aromatic nitrogens is 2. The Kier molecular flexibility index (Phi) is 5.60. The van der Waals surface area contributed by atoms with Crippen LogP contribution in [0.15, 0.2) is 42.0 Å². The molecule has 2 amide bonds. The van der Waals surface area contributed by atoms with Gasteiger partial charge in [-0.1, -0.05) is 30.3 Å². The number of amides is 2. The largest absolute Gasteiger partial charge is 0.479 e. The molecule has 0 saturated heterocycles. The lowest BCUT2D eigenvalue weighted by molar-refractivity contribution is -0.141. The van der Waals surface area contributed by atoms with Crippen LogP contribution >= 0.6 is 11.3 Å². The van der Waals surface area contributed by atoms with E-state index in [9.17, 15) is 9.59 Å². The quantitative estimate of drug-likeness (QED) is 0.682. The molecule has 2 heterocycles. The lowest BCUT2D eigenvalue weighted by Gasteiger charge is -2.15. The summed E-state index contributed by atoms with van der Waals surface area (Å²) in [4.78, 5) is 32.1. The summed E-state index contributed by atoms with van der Waals surface area (Å²) >= 11 is 1.61. The summed E-state index contributed by atoms with van der Waals surface area (Å²) in [5.41, 5.74) is 9.15. The maximum Gasteiger partial charge on any atom is 0.241 e. The van der Waals surface area contributed by atoms with E-state index in [0.717, 1.165) is 21.3 Å². The van der Waals surface area contributed by atoms with Crippen molar-refractivity contribution >= 4 is 33.4 Å². The van der Waals surface area contributed by atoms with Crippen molar-refractivity contribution in [2.45, 2.75) is 12.8 Å². The highest BCUT2D eigenvalue weighted by Gasteiger charge is 2.56. The Morgan fingerprint density at radius 3 is 2.36 bits per heavy atom. The van der Waals surface area contributed by atoms with E-state index in [1.54, 1.807) is 32.5 Å². The smallest absolute Gasteiger partial charge is 0.241 e. The summed E-state index contributed by atoms with van der Waals surface area (Å²) in [7, 11) is 4.87. The number of hydrogen-bond donors (Lipinski definition) is 1. The van der Waals surface area contributed by atoms with Gasteiger partial charge in [0.25, 0.3) is 0 Å². The maximum absolute atomic E-state index is 11.3. The number of nitrogens with two attached hydrogens (primary N) is 1. The fourth-order valence-electron chi connectivity index (χ4n) is 2.92. The average Bonchev–Trinajstić information content (AvgIpc) is 3.38. The number of nitrogens with zero attached hydrogens (tertiary/aromatic N) is 3. The van der Waals surface area contributed by atoms with Gasteiger partial charge in [-0.15, -0.1) is 11.3 Å². The van der Waals surface area contributed by atoms with Crippen LogP contribution in [0.2, 0.25) is 0 Å². The van der Waals surface area contributed by atoms with Crippen molar-refractivity contribution in [3.63, 3.8) is 0 Å². The van der Waals surface area contributed by atoms with Gasteiger partial charge in [0.2, 0.25) is 17.7 Å². The van der Waals surface area contributed by atoms with Gasteiger partial charge in [-0.25, -0.2) is 9.97 Å². The zero-order valence-electron chi connectivity index (χ0n) is 16.0. The number of benzene rings is 1. The molecule has 1 aliphatic carbocycles. The van der Waals surface area contributed by atoms with Gasteiger partial charge in [0, 0.05) is 25.9 Å². The van der Waals surface area contributed by atoms with E-state index < -0.39 is 11.3 Å². The van der Waals surface area contributed by atoms with Crippen LogP contribution in [0.5, 0.6) is 5.88 Å². The van der Waals surface area contributed by atoms with Gasteiger partial charge in [-0.2, -0.15) is 0 Å². The average molecular weight is 398 g/mol. The molecule has 0 unspecified atom stereocenters. The zero-order chi connectivity index (χ0) is 20.3. The van der Waals surface area contributed by atoms with E-state index in [4.69, 9.17) is 10.5 Å². The Morgan fingerprint density at radius 1 is 1.18 bits per heavy atom. The van der Waals surface area contributed by atoms with E-state index >= 15 is 0 Å². The molecule has 0 aliphatic heterocycles. The molecule has 1 aliphatic rings. The van der Waals surface area contributed by atoms with E-state index in [0.29, 0.717) is 18.7 Å². The summed E-state index contributed by atoms with van der Waals surface area (Å²) in [5, 5.41) is 0. The monoisotopic (exact) mass is 398 g/mol. The lowest BCUT2D eigenvalue weighted by atomic mass is 10.1. The molecule has 146 valence electrons. The van der Waals surface area contributed by atoms with Gasteiger partial charge in [-0.3, -0.25) is 9.59 Å². The first kappa shape index (κ1) is 19.8. The van der Waals surface area contributed by atoms with Crippen LogP contribution in [0, 0.1) is 5.41 Å². The first-order valence-corrected chi connectivity index (χ1v) is 9.62. The van der Waals surface area contributed by atoms with Gasteiger partial charge in [0.1, 0.15) is 10.9 Å². The third kappa shape index (κ3) is 3.68. The number of primary amides is 1. The minimum absolute atomic E-state index is 0.162. The molecule has 3 aromatic rings. The molecule has 28 heavy (non-hydrogen) atoms. The summed E-state index contributed by atoms with van der Waals surface area (Å²) < 4.78 is 6.32. The minimum atomic E-state index is -0.844. The molecule has 1 fully saturated rings. The normalized spacial score (nSPS) is 14.0. The molecule has 0 spiro atoms. The summed E-state index contributed by atoms with van der Waals surface area (Å²) in [5.74, 6) is -0.0675. The molecule has 0 radical (unpaired) electrons. The molecule has 0 atom stereocenters. The number of pyridine rings is 1. The molecule has 1 aromatic carbocycles. The highest BCUT2D eigenvalue weighted by Crippen LogP contribution is 2.46. The third-order valence-electron chi connectivity index (χ3n) is 4.64. The number of methoxy groups -OCH3 is 1. The highest BCUT2D eigenvalue weighted by molar-refractivity contribution is 7.17. The van der Waals surface area contributed by atoms with Gasteiger partial charge >= 0.3 is 0 Å². The van der Waals surface area contributed by atoms with Gasteiger partial charge in [0.15, 0.2) is 0 Å². The number of rotatable bonds is 4. The number of carbonyl (C=O) groups excluding carboxylic acids is 2.